The summed E-state index contributed by atoms with van der Waals surface area (Å²) in [6, 6.07) is 1.86. The van der Waals surface area contributed by atoms with Crippen LogP contribution >= 0.6 is 11.8 Å². The van der Waals surface area contributed by atoms with E-state index >= 15 is 0 Å². The average molecular weight is 376 g/mol. The molecule has 1 rings (SSSR count). The average Bonchev–Trinajstić information content (AvgIpc) is 2.41. The van der Waals surface area contributed by atoms with Crippen molar-refractivity contribution in [1.82, 2.24) is 0 Å². The van der Waals surface area contributed by atoms with Gasteiger partial charge in [0.2, 0.25) is 0 Å². The number of hydrogen-bond acceptors (Lipinski definition) is 4. The molecule has 0 aliphatic rings. The molecule has 10 heteroatoms. The maximum absolute atomic E-state index is 13.4. The zero-order chi connectivity index (χ0) is 18.9. The van der Waals surface area contributed by atoms with Gasteiger partial charge in [-0.15, -0.1) is 0 Å². The lowest BCUT2D eigenvalue weighted by Crippen LogP contribution is -2.60. The van der Waals surface area contributed by atoms with Gasteiger partial charge < -0.3 is 9.84 Å². The molecule has 0 amide bonds. The molecule has 24 heavy (non-hydrogen) atoms. The smallest absolute Gasteiger partial charge is 0.423 e. The Morgan fingerprint density at radius 1 is 1.08 bits per heavy atom. The van der Waals surface area contributed by atoms with Crippen molar-refractivity contribution in [2.45, 2.75) is 42.8 Å². The minimum Gasteiger partial charge on any atom is -0.508 e. The number of rotatable bonds is 4. The molecule has 3 nitrogen and oxygen atoms in total. The summed E-state index contributed by atoms with van der Waals surface area (Å²) in [5, 5.41) is 9.49. The molecule has 0 aliphatic carbocycles. The van der Waals surface area contributed by atoms with Gasteiger partial charge in [-0.1, -0.05) is 11.8 Å². The van der Waals surface area contributed by atoms with Crippen molar-refractivity contribution in [2.75, 3.05) is 6.61 Å². The van der Waals surface area contributed by atoms with Crippen LogP contribution < -0.4 is 0 Å². The van der Waals surface area contributed by atoms with Crippen LogP contribution in [0.4, 0.5) is 26.3 Å². The van der Waals surface area contributed by atoms with Gasteiger partial charge in [-0.25, -0.2) is 4.79 Å². The maximum Gasteiger partial charge on any atom is 0.423 e. The van der Waals surface area contributed by atoms with Gasteiger partial charge in [0, 0.05) is 4.90 Å². The molecule has 0 radical (unpaired) electrons. The number of aromatic hydroxyl groups is 1. The number of halogens is 6. The first-order chi connectivity index (χ1) is 10.8. The van der Waals surface area contributed by atoms with Crippen molar-refractivity contribution >= 4 is 17.7 Å². The first kappa shape index (κ1) is 20.5. The molecule has 136 valence electrons. The Morgan fingerprint density at radius 3 is 2.00 bits per heavy atom. The fourth-order valence-electron chi connectivity index (χ4n) is 1.84. The van der Waals surface area contributed by atoms with E-state index in [1.54, 1.807) is 0 Å². The lowest BCUT2D eigenvalue weighted by Gasteiger charge is -2.34. The third kappa shape index (κ3) is 3.42. The minimum atomic E-state index is -5.94. The summed E-state index contributed by atoms with van der Waals surface area (Å²) >= 11 is -0.688. The van der Waals surface area contributed by atoms with Crippen LogP contribution in [0.5, 0.6) is 5.75 Å². The molecule has 1 aromatic rings. The molecular weight excluding hydrogens is 362 g/mol. The van der Waals surface area contributed by atoms with Gasteiger partial charge >= 0.3 is 23.1 Å². The lowest BCUT2D eigenvalue weighted by atomic mass is 10.1. The van der Waals surface area contributed by atoms with Gasteiger partial charge in [-0.05, 0) is 44.0 Å². The topological polar surface area (TPSA) is 46.5 Å². The zero-order valence-corrected chi connectivity index (χ0v) is 13.6. The van der Waals surface area contributed by atoms with E-state index in [9.17, 15) is 36.2 Å². The van der Waals surface area contributed by atoms with E-state index in [-0.39, 0.29) is 16.9 Å². The predicted octanol–water partition coefficient (Wildman–Crippen LogP) is 4.53. The summed E-state index contributed by atoms with van der Waals surface area (Å²) in [5.41, 5.74) is 0.115. The van der Waals surface area contributed by atoms with Gasteiger partial charge in [0.25, 0.3) is 0 Å². The largest absolute Gasteiger partial charge is 0.508 e. The Bertz CT molecular complexity index is 610. The van der Waals surface area contributed by atoms with Gasteiger partial charge in [-0.3, -0.25) is 0 Å². The maximum atomic E-state index is 13.4. The summed E-state index contributed by atoms with van der Waals surface area (Å²) in [7, 11) is 0. The molecule has 0 aliphatic heterocycles. The summed E-state index contributed by atoms with van der Waals surface area (Å²) in [5.74, 6) is -2.71. The molecule has 0 heterocycles. The van der Waals surface area contributed by atoms with E-state index in [0.29, 0.717) is 0 Å². The van der Waals surface area contributed by atoms with Crippen LogP contribution in [0.25, 0.3) is 0 Å². The van der Waals surface area contributed by atoms with Crippen molar-refractivity contribution < 1.29 is 41.0 Å². The first-order valence-electron chi connectivity index (χ1n) is 6.58. The summed E-state index contributed by atoms with van der Waals surface area (Å²) in [4.78, 5) is 11.3. The Hall–Kier alpha value is -1.58. The second kappa shape index (κ2) is 6.73. The number of phenolic OH excluding ortho intramolecular Hbond substituents is 1. The van der Waals surface area contributed by atoms with Crippen LogP contribution in [0.3, 0.4) is 0 Å². The van der Waals surface area contributed by atoms with Crippen LogP contribution in [-0.4, -0.2) is 34.8 Å². The van der Waals surface area contributed by atoms with Crippen molar-refractivity contribution in [3.8, 4) is 5.75 Å². The Labute approximate surface area is 138 Å². The molecule has 0 spiro atoms. The fraction of sp³-hybridized carbons (Fsp3) is 0.500. The third-order valence-corrected chi connectivity index (χ3v) is 4.93. The second-order valence-corrected chi connectivity index (χ2v) is 6.09. The second-order valence-electron chi connectivity index (χ2n) is 4.83. The van der Waals surface area contributed by atoms with Crippen molar-refractivity contribution in [2.24, 2.45) is 0 Å². The standard InChI is InChI=1S/C14H14F6O3S/c1-4-23-11(22)12(13(15,16)17,14(18,19)20)24-10-6-5-9(21)7(2)8(10)3/h5-6,21H,4H2,1-3H3. The molecule has 0 saturated heterocycles. The van der Waals surface area contributed by atoms with Crippen LogP contribution in [0, 0.1) is 13.8 Å². The van der Waals surface area contributed by atoms with Gasteiger partial charge in [0.05, 0.1) is 6.61 Å². The van der Waals surface area contributed by atoms with Gasteiger partial charge in [0.1, 0.15) is 5.75 Å². The van der Waals surface area contributed by atoms with E-state index in [1.807, 2.05) is 0 Å². The molecular formula is C14H14F6O3S. The zero-order valence-electron chi connectivity index (χ0n) is 12.8. The van der Waals surface area contributed by atoms with E-state index in [2.05, 4.69) is 4.74 Å². The molecule has 0 aromatic heterocycles. The predicted molar refractivity (Wildman–Crippen MR) is 74.9 cm³/mol. The monoisotopic (exact) mass is 376 g/mol. The highest BCUT2D eigenvalue weighted by Gasteiger charge is 2.77. The minimum absolute atomic E-state index is 0.00201. The number of phenols is 1. The summed E-state index contributed by atoms with van der Waals surface area (Å²) in [6.45, 7) is 3.05. The number of carbonyl (C=O) groups is 1. The number of thioether (sulfide) groups is 1. The molecule has 1 aromatic carbocycles. The molecule has 0 fully saturated rings. The SMILES string of the molecule is CCOC(=O)C(Sc1ccc(O)c(C)c1C)(C(F)(F)F)C(F)(F)F. The third-order valence-electron chi connectivity index (χ3n) is 3.33. The Balaban J connectivity index is 3.60. The van der Waals surface area contributed by atoms with Gasteiger partial charge in [-0.2, -0.15) is 26.3 Å². The van der Waals surface area contributed by atoms with Crippen LogP contribution in [0.2, 0.25) is 0 Å². The highest BCUT2D eigenvalue weighted by molar-refractivity contribution is 8.01. The van der Waals surface area contributed by atoms with Crippen molar-refractivity contribution in [3.63, 3.8) is 0 Å². The number of esters is 1. The normalized spacial score (nSPS) is 13.0. The molecule has 0 bridgehead atoms. The summed E-state index contributed by atoms with van der Waals surface area (Å²) < 4.78 is 79.4. The molecule has 0 saturated carbocycles. The van der Waals surface area contributed by atoms with Crippen LogP contribution in [-0.2, 0) is 9.53 Å². The molecule has 1 N–H and O–H groups in total. The van der Waals surface area contributed by atoms with Crippen LogP contribution in [0.1, 0.15) is 18.1 Å². The Kier molecular flexibility index (Phi) is 5.74. The first-order valence-corrected chi connectivity index (χ1v) is 7.40. The highest BCUT2D eigenvalue weighted by Crippen LogP contribution is 2.56. The number of alkyl halides is 6. The quantitative estimate of drug-likeness (QED) is 0.477. The van der Waals surface area contributed by atoms with Crippen molar-refractivity contribution in [1.29, 1.82) is 0 Å². The highest BCUT2D eigenvalue weighted by atomic mass is 32.2. The number of benzene rings is 1. The number of ether oxygens (including phenoxy) is 1. The van der Waals surface area contributed by atoms with E-state index in [4.69, 9.17) is 0 Å². The number of carbonyl (C=O) groups excluding carboxylic acids is 1. The van der Waals surface area contributed by atoms with Gasteiger partial charge in [0.15, 0.2) is 0 Å². The summed E-state index contributed by atoms with van der Waals surface area (Å²) in [6.07, 6.45) is -11.9. The molecule has 0 atom stereocenters. The fourth-order valence-corrected chi connectivity index (χ4v) is 2.99. The van der Waals surface area contributed by atoms with E-state index < -0.39 is 46.3 Å². The molecule has 0 unspecified atom stereocenters. The van der Waals surface area contributed by atoms with Crippen LogP contribution in [0.15, 0.2) is 17.0 Å². The van der Waals surface area contributed by atoms with E-state index in [0.717, 1.165) is 19.1 Å². The van der Waals surface area contributed by atoms with E-state index in [1.165, 1.54) is 13.8 Å². The van der Waals surface area contributed by atoms with Crippen molar-refractivity contribution in [3.05, 3.63) is 23.3 Å². The Morgan fingerprint density at radius 2 is 1.58 bits per heavy atom. The number of hydrogen-bond donors (Lipinski definition) is 1. The lowest BCUT2D eigenvalue weighted by molar-refractivity contribution is -0.264.